The number of ether oxygens (including phenoxy) is 1. The first-order valence-electron chi connectivity index (χ1n) is 3.76. The SMILES string of the molecule is COc1cccc2c1C(=O)C(=O)N2. The second-order valence-electron chi connectivity index (χ2n) is 2.67. The van der Waals surface area contributed by atoms with Crippen LogP contribution < -0.4 is 10.1 Å². The van der Waals surface area contributed by atoms with Gasteiger partial charge in [0.1, 0.15) is 5.75 Å². The van der Waals surface area contributed by atoms with Crippen molar-refractivity contribution in [1.29, 1.82) is 0 Å². The Hall–Kier alpha value is -1.84. The van der Waals surface area contributed by atoms with E-state index in [1.54, 1.807) is 18.2 Å². The molecule has 1 amide bonds. The number of benzene rings is 1. The maximum Gasteiger partial charge on any atom is 0.297 e. The predicted octanol–water partition coefficient (Wildman–Crippen LogP) is 0.830. The fourth-order valence-electron chi connectivity index (χ4n) is 1.33. The Morgan fingerprint density at radius 2 is 2.08 bits per heavy atom. The van der Waals surface area contributed by atoms with Crippen LogP contribution in [0, 0.1) is 0 Å². The number of ketones is 1. The molecule has 0 bridgehead atoms. The smallest absolute Gasteiger partial charge is 0.297 e. The quantitative estimate of drug-likeness (QED) is 0.646. The van der Waals surface area contributed by atoms with E-state index in [1.807, 2.05) is 0 Å². The van der Waals surface area contributed by atoms with Crippen LogP contribution in [0.25, 0.3) is 0 Å². The Morgan fingerprint density at radius 1 is 1.31 bits per heavy atom. The van der Waals surface area contributed by atoms with E-state index in [4.69, 9.17) is 4.74 Å². The second-order valence-corrected chi connectivity index (χ2v) is 2.67. The summed E-state index contributed by atoms with van der Waals surface area (Å²) in [4.78, 5) is 22.3. The third-order valence-electron chi connectivity index (χ3n) is 1.93. The second kappa shape index (κ2) is 2.58. The minimum atomic E-state index is -0.598. The largest absolute Gasteiger partial charge is 0.496 e. The molecule has 0 aliphatic carbocycles. The minimum Gasteiger partial charge on any atom is -0.496 e. The number of fused-ring (bicyclic) bond motifs is 1. The third-order valence-corrected chi connectivity index (χ3v) is 1.93. The summed E-state index contributed by atoms with van der Waals surface area (Å²) in [7, 11) is 1.46. The van der Waals surface area contributed by atoms with Crippen molar-refractivity contribution >= 4 is 17.4 Å². The zero-order valence-electron chi connectivity index (χ0n) is 6.96. The lowest BCUT2D eigenvalue weighted by Gasteiger charge is -2.02. The highest BCUT2D eigenvalue weighted by molar-refractivity contribution is 6.52. The number of nitrogens with one attached hydrogen (secondary N) is 1. The average molecular weight is 177 g/mol. The highest BCUT2D eigenvalue weighted by Gasteiger charge is 2.30. The molecule has 4 heteroatoms. The molecule has 1 aromatic rings. The molecule has 4 nitrogen and oxygen atoms in total. The summed E-state index contributed by atoms with van der Waals surface area (Å²) in [5.41, 5.74) is 0.851. The van der Waals surface area contributed by atoms with Gasteiger partial charge in [-0.3, -0.25) is 9.59 Å². The molecule has 2 rings (SSSR count). The van der Waals surface area contributed by atoms with E-state index in [9.17, 15) is 9.59 Å². The maximum absolute atomic E-state index is 11.3. The van der Waals surface area contributed by atoms with Gasteiger partial charge in [-0.1, -0.05) is 6.07 Å². The number of hydrogen-bond acceptors (Lipinski definition) is 3. The Labute approximate surface area is 74.5 Å². The third kappa shape index (κ3) is 0.989. The fraction of sp³-hybridized carbons (Fsp3) is 0.111. The highest BCUT2D eigenvalue weighted by Crippen LogP contribution is 2.30. The number of anilines is 1. The van der Waals surface area contributed by atoms with E-state index in [0.29, 0.717) is 17.0 Å². The van der Waals surface area contributed by atoms with Crippen LogP contribution in [0.4, 0.5) is 5.69 Å². The van der Waals surface area contributed by atoms with Crippen LogP contribution in [0.5, 0.6) is 5.75 Å². The molecule has 13 heavy (non-hydrogen) atoms. The summed E-state index contributed by atoms with van der Waals surface area (Å²) in [5.74, 6) is -0.701. The molecular formula is C9H7NO3. The van der Waals surface area contributed by atoms with E-state index in [1.165, 1.54) is 7.11 Å². The van der Waals surface area contributed by atoms with Gasteiger partial charge in [0.2, 0.25) is 0 Å². The normalized spacial score (nSPS) is 13.9. The molecule has 0 atom stereocenters. The molecular weight excluding hydrogens is 170 g/mol. The van der Waals surface area contributed by atoms with Gasteiger partial charge in [0, 0.05) is 0 Å². The Morgan fingerprint density at radius 3 is 2.77 bits per heavy atom. The lowest BCUT2D eigenvalue weighted by molar-refractivity contribution is -0.112. The van der Waals surface area contributed by atoms with Crippen molar-refractivity contribution in [2.45, 2.75) is 0 Å². The van der Waals surface area contributed by atoms with E-state index in [2.05, 4.69) is 5.32 Å². The topological polar surface area (TPSA) is 55.4 Å². The molecule has 66 valence electrons. The summed E-state index contributed by atoms with van der Waals surface area (Å²) in [6.45, 7) is 0. The van der Waals surface area contributed by atoms with Gasteiger partial charge in [-0.2, -0.15) is 0 Å². The number of carbonyl (C=O) groups excluding carboxylic acids is 2. The lowest BCUT2D eigenvalue weighted by atomic mass is 10.1. The molecule has 1 aromatic carbocycles. The average Bonchev–Trinajstić information content (AvgIpc) is 2.43. The Kier molecular flexibility index (Phi) is 1.55. The van der Waals surface area contributed by atoms with Gasteiger partial charge in [0.15, 0.2) is 0 Å². The van der Waals surface area contributed by atoms with Gasteiger partial charge in [-0.25, -0.2) is 0 Å². The van der Waals surface area contributed by atoms with Crippen molar-refractivity contribution in [3.8, 4) is 5.75 Å². The first-order chi connectivity index (χ1) is 6.24. The van der Waals surface area contributed by atoms with E-state index in [0.717, 1.165) is 0 Å². The van der Waals surface area contributed by atoms with Gasteiger partial charge in [0.05, 0.1) is 18.4 Å². The molecule has 0 fully saturated rings. The Bertz CT molecular complexity index is 398. The van der Waals surface area contributed by atoms with Crippen molar-refractivity contribution < 1.29 is 14.3 Å². The van der Waals surface area contributed by atoms with Crippen molar-refractivity contribution in [2.75, 3.05) is 12.4 Å². The van der Waals surface area contributed by atoms with Gasteiger partial charge >= 0.3 is 0 Å². The van der Waals surface area contributed by atoms with E-state index < -0.39 is 11.7 Å². The molecule has 0 saturated carbocycles. The van der Waals surface area contributed by atoms with Crippen molar-refractivity contribution in [3.63, 3.8) is 0 Å². The standard InChI is InChI=1S/C9H7NO3/c1-13-6-4-2-3-5-7(6)8(11)9(12)10-5/h2-4H,1H3,(H,10,11,12). The van der Waals surface area contributed by atoms with Gasteiger partial charge < -0.3 is 10.1 Å². The summed E-state index contributed by atoms with van der Waals surface area (Å²) >= 11 is 0. The molecule has 0 saturated heterocycles. The molecule has 0 spiro atoms. The van der Waals surface area contributed by atoms with Crippen LogP contribution in [-0.2, 0) is 4.79 Å². The molecule has 1 heterocycles. The summed E-state index contributed by atoms with van der Waals surface area (Å²) in [6, 6.07) is 5.04. The summed E-state index contributed by atoms with van der Waals surface area (Å²) in [6.07, 6.45) is 0. The first kappa shape index (κ1) is 7.79. The molecule has 1 aliphatic rings. The number of rotatable bonds is 1. The van der Waals surface area contributed by atoms with E-state index in [-0.39, 0.29) is 0 Å². The van der Waals surface area contributed by atoms with Crippen molar-refractivity contribution in [3.05, 3.63) is 23.8 Å². The number of Topliss-reactive ketones (excluding diaryl/α,β-unsaturated/α-hetero) is 1. The van der Waals surface area contributed by atoms with Gasteiger partial charge in [-0.15, -0.1) is 0 Å². The molecule has 1 aliphatic heterocycles. The summed E-state index contributed by atoms with van der Waals surface area (Å²) in [5, 5.41) is 2.45. The van der Waals surface area contributed by atoms with Gasteiger partial charge in [-0.05, 0) is 12.1 Å². The number of carbonyl (C=O) groups is 2. The highest BCUT2D eigenvalue weighted by atomic mass is 16.5. The zero-order valence-corrected chi connectivity index (χ0v) is 6.96. The first-order valence-corrected chi connectivity index (χ1v) is 3.76. The summed E-state index contributed by atoms with van der Waals surface area (Å²) < 4.78 is 4.96. The molecule has 0 unspecified atom stereocenters. The van der Waals surface area contributed by atoms with E-state index >= 15 is 0 Å². The van der Waals surface area contributed by atoms with Crippen LogP contribution in [0.3, 0.4) is 0 Å². The molecule has 0 radical (unpaired) electrons. The van der Waals surface area contributed by atoms with Crippen molar-refractivity contribution in [1.82, 2.24) is 0 Å². The van der Waals surface area contributed by atoms with Crippen LogP contribution in [0.1, 0.15) is 10.4 Å². The maximum atomic E-state index is 11.3. The predicted molar refractivity (Wildman–Crippen MR) is 46.0 cm³/mol. The molecule has 1 N–H and O–H groups in total. The zero-order chi connectivity index (χ0) is 9.42. The van der Waals surface area contributed by atoms with Crippen LogP contribution in [-0.4, -0.2) is 18.8 Å². The van der Waals surface area contributed by atoms with Crippen LogP contribution in [0.15, 0.2) is 18.2 Å². The van der Waals surface area contributed by atoms with Crippen LogP contribution in [0.2, 0.25) is 0 Å². The monoisotopic (exact) mass is 177 g/mol. The number of amides is 1. The van der Waals surface area contributed by atoms with Gasteiger partial charge in [0.25, 0.3) is 11.7 Å². The number of hydrogen-bond donors (Lipinski definition) is 1. The van der Waals surface area contributed by atoms with Crippen LogP contribution >= 0.6 is 0 Å². The molecule has 0 aromatic heterocycles. The fourth-order valence-corrected chi connectivity index (χ4v) is 1.33. The lowest BCUT2D eigenvalue weighted by Crippen LogP contribution is -2.12. The number of methoxy groups -OCH3 is 1. The Balaban J connectivity index is 2.64. The minimum absolute atomic E-state index is 0.329. The van der Waals surface area contributed by atoms with Crippen molar-refractivity contribution in [2.24, 2.45) is 0 Å².